The second-order valence-electron chi connectivity index (χ2n) is 3.74. The SMILES string of the molecule is CCOC(=O)c1nn(-c2cccc(N)c2)nc1C. The van der Waals surface area contributed by atoms with Gasteiger partial charge in [0.15, 0.2) is 5.69 Å². The number of carbonyl (C=O) groups is 1. The van der Waals surface area contributed by atoms with E-state index in [1.165, 1.54) is 4.80 Å². The second-order valence-corrected chi connectivity index (χ2v) is 3.74. The fraction of sp³-hybridized carbons (Fsp3) is 0.250. The van der Waals surface area contributed by atoms with Gasteiger partial charge in [-0.15, -0.1) is 5.10 Å². The van der Waals surface area contributed by atoms with Gasteiger partial charge in [-0.05, 0) is 32.0 Å². The number of nitrogen functional groups attached to an aromatic ring is 1. The van der Waals surface area contributed by atoms with Gasteiger partial charge in [-0.3, -0.25) is 0 Å². The lowest BCUT2D eigenvalue weighted by molar-refractivity contribution is 0.0518. The van der Waals surface area contributed by atoms with E-state index in [0.29, 0.717) is 23.7 Å². The molecule has 2 rings (SSSR count). The molecule has 0 saturated heterocycles. The summed E-state index contributed by atoms with van der Waals surface area (Å²) in [7, 11) is 0. The zero-order chi connectivity index (χ0) is 13.1. The quantitative estimate of drug-likeness (QED) is 0.652. The molecular formula is C12H14N4O2. The number of nitrogens with two attached hydrogens (primary N) is 1. The molecule has 0 fully saturated rings. The van der Waals surface area contributed by atoms with Gasteiger partial charge in [-0.2, -0.15) is 9.90 Å². The Morgan fingerprint density at radius 3 is 2.89 bits per heavy atom. The Balaban J connectivity index is 2.37. The summed E-state index contributed by atoms with van der Waals surface area (Å²) in [5.74, 6) is -0.467. The summed E-state index contributed by atoms with van der Waals surface area (Å²) in [6, 6.07) is 7.11. The standard InChI is InChI=1S/C12H14N4O2/c1-3-18-12(17)11-8(2)14-16(15-11)10-6-4-5-9(13)7-10/h4-7H,3,13H2,1-2H3. The molecule has 0 aliphatic heterocycles. The fourth-order valence-electron chi connectivity index (χ4n) is 1.53. The van der Waals surface area contributed by atoms with Gasteiger partial charge in [-0.1, -0.05) is 6.07 Å². The molecule has 0 unspecified atom stereocenters. The van der Waals surface area contributed by atoms with Crippen LogP contribution in [0.4, 0.5) is 5.69 Å². The maximum absolute atomic E-state index is 11.6. The predicted molar refractivity (Wildman–Crippen MR) is 66.5 cm³/mol. The highest BCUT2D eigenvalue weighted by Gasteiger charge is 2.17. The van der Waals surface area contributed by atoms with Gasteiger partial charge in [0, 0.05) is 5.69 Å². The van der Waals surface area contributed by atoms with Crippen LogP contribution in [0.25, 0.3) is 5.69 Å². The average molecular weight is 246 g/mol. The maximum Gasteiger partial charge on any atom is 0.360 e. The van der Waals surface area contributed by atoms with Crippen LogP contribution in [0.3, 0.4) is 0 Å². The van der Waals surface area contributed by atoms with E-state index in [0.717, 1.165) is 0 Å². The van der Waals surface area contributed by atoms with Crippen molar-refractivity contribution in [2.24, 2.45) is 0 Å². The molecule has 1 aromatic heterocycles. The number of esters is 1. The van der Waals surface area contributed by atoms with Crippen LogP contribution in [0.2, 0.25) is 0 Å². The highest BCUT2D eigenvalue weighted by atomic mass is 16.5. The van der Waals surface area contributed by atoms with E-state index < -0.39 is 5.97 Å². The number of aromatic nitrogens is 3. The second kappa shape index (κ2) is 4.87. The number of hydrogen-bond acceptors (Lipinski definition) is 5. The Kier molecular flexibility index (Phi) is 3.27. The molecule has 94 valence electrons. The van der Waals surface area contributed by atoms with Crippen molar-refractivity contribution < 1.29 is 9.53 Å². The van der Waals surface area contributed by atoms with Crippen molar-refractivity contribution in [3.63, 3.8) is 0 Å². The molecule has 1 heterocycles. The van der Waals surface area contributed by atoms with E-state index >= 15 is 0 Å². The van der Waals surface area contributed by atoms with Gasteiger partial charge in [0.05, 0.1) is 18.0 Å². The van der Waals surface area contributed by atoms with E-state index in [4.69, 9.17) is 10.5 Å². The Bertz CT molecular complexity index is 577. The molecule has 0 radical (unpaired) electrons. The minimum Gasteiger partial charge on any atom is -0.461 e. The first kappa shape index (κ1) is 12.1. The van der Waals surface area contributed by atoms with Crippen molar-refractivity contribution in [1.29, 1.82) is 0 Å². The van der Waals surface area contributed by atoms with Gasteiger partial charge in [0.1, 0.15) is 0 Å². The smallest absolute Gasteiger partial charge is 0.360 e. The topological polar surface area (TPSA) is 83.0 Å². The molecule has 6 nitrogen and oxygen atoms in total. The van der Waals surface area contributed by atoms with Crippen LogP contribution >= 0.6 is 0 Å². The summed E-state index contributed by atoms with van der Waals surface area (Å²) in [5.41, 5.74) is 7.75. The molecule has 0 atom stereocenters. The van der Waals surface area contributed by atoms with Crippen LogP contribution in [0.1, 0.15) is 23.1 Å². The van der Waals surface area contributed by atoms with Crippen molar-refractivity contribution in [2.75, 3.05) is 12.3 Å². The molecule has 0 saturated carbocycles. The van der Waals surface area contributed by atoms with Crippen molar-refractivity contribution in [3.05, 3.63) is 35.7 Å². The summed E-state index contributed by atoms with van der Waals surface area (Å²) in [6.45, 7) is 3.76. The Morgan fingerprint density at radius 1 is 1.44 bits per heavy atom. The van der Waals surface area contributed by atoms with Crippen LogP contribution in [-0.4, -0.2) is 27.6 Å². The van der Waals surface area contributed by atoms with Gasteiger partial charge in [0.2, 0.25) is 0 Å². The van der Waals surface area contributed by atoms with E-state index in [1.807, 2.05) is 6.07 Å². The van der Waals surface area contributed by atoms with Crippen LogP contribution in [0.15, 0.2) is 24.3 Å². The summed E-state index contributed by atoms with van der Waals surface area (Å²) in [4.78, 5) is 13.0. The first-order chi connectivity index (χ1) is 8.61. The molecular weight excluding hydrogens is 232 g/mol. The number of aryl methyl sites for hydroxylation is 1. The highest BCUT2D eigenvalue weighted by Crippen LogP contribution is 2.12. The monoisotopic (exact) mass is 246 g/mol. The summed E-state index contributed by atoms with van der Waals surface area (Å²) < 4.78 is 4.90. The number of benzene rings is 1. The molecule has 0 aliphatic carbocycles. The van der Waals surface area contributed by atoms with E-state index in [1.54, 1.807) is 32.0 Å². The Hall–Kier alpha value is -2.37. The molecule has 1 aromatic carbocycles. The van der Waals surface area contributed by atoms with Gasteiger partial charge >= 0.3 is 5.97 Å². The average Bonchev–Trinajstić information content (AvgIpc) is 2.72. The molecule has 6 heteroatoms. The third kappa shape index (κ3) is 2.32. The van der Waals surface area contributed by atoms with Crippen LogP contribution in [0, 0.1) is 6.92 Å². The molecule has 0 aliphatic rings. The molecule has 0 spiro atoms. The minimum atomic E-state index is -0.467. The fourth-order valence-corrected chi connectivity index (χ4v) is 1.53. The molecule has 2 aromatic rings. The molecule has 18 heavy (non-hydrogen) atoms. The normalized spacial score (nSPS) is 10.3. The lowest BCUT2D eigenvalue weighted by Crippen LogP contribution is -2.07. The minimum absolute atomic E-state index is 0.222. The van der Waals surface area contributed by atoms with Crippen LogP contribution < -0.4 is 5.73 Å². The zero-order valence-corrected chi connectivity index (χ0v) is 10.3. The Morgan fingerprint density at radius 2 is 2.22 bits per heavy atom. The molecule has 0 amide bonds. The molecule has 0 bridgehead atoms. The number of rotatable bonds is 3. The Labute approximate surface area is 104 Å². The van der Waals surface area contributed by atoms with Gasteiger partial charge in [-0.25, -0.2) is 4.79 Å². The van der Waals surface area contributed by atoms with Crippen molar-refractivity contribution in [2.45, 2.75) is 13.8 Å². The first-order valence-electron chi connectivity index (χ1n) is 5.58. The highest BCUT2D eigenvalue weighted by molar-refractivity contribution is 5.88. The number of anilines is 1. The van der Waals surface area contributed by atoms with Crippen molar-refractivity contribution >= 4 is 11.7 Å². The summed E-state index contributed by atoms with van der Waals surface area (Å²) >= 11 is 0. The van der Waals surface area contributed by atoms with Gasteiger partial charge < -0.3 is 10.5 Å². The number of carbonyl (C=O) groups excluding carboxylic acids is 1. The van der Waals surface area contributed by atoms with E-state index in [2.05, 4.69) is 10.2 Å². The number of nitrogens with zero attached hydrogens (tertiary/aromatic N) is 3. The third-order valence-corrected chi connectivity index (χ3v) is 2.35. The van der Waals surface area contributed by atoms with E-state index in [9.17, 15) is 4.79 Å². The number of ether oxygens (including phenoxy) is 1. The van der Waals surface area contributed by atoms with Crippen molar-refractivity contribution in [3.8, 4) is 5.69 Å². The lowest BCUT2D eigenvalue weighted by atomic mass is 10.3. The van der Waals surface area contributed by atoms with Crippen LogP contribution in [0.5, 0.6) is 0 Å². The van der Waals surface area contributed by atoms with Crippen molar-refractivity contribution in [1.82, 2.24) is 15.0 Å². The summed E-state index contributed by atoms with van der Waals surface area (Å²) in [6.07, 6.45) is 0. The largest absolute Gasteiger partial charge is 0.461 e. The van der Waals surface area contributed by atoms with Crippen LogP contribution in [-0.2, 0) is 4.74 Å². The van der Waals surface area contributed by atoms with E-state index in [-0.39, 0.29) is 5.69 Å². The summed E-state index contributed by atoms with van der Waals surface area (Å²) in [5, 5.41) is 8.29. The third-order valence-electron chi connectivity index (χ3n) is 2.35. The zero-order valence-electron chi connectivity index (χ0n) is 10.3. The number of hydrogen-bond donors (Lipinski definition) is 1. The molecule has 2 N–H and O–H groups in total. The van der Waals surface area contributed by atoms with Gasteiger partial charge in [0.25, 0.3) is 0 Å². The maximum atomic E-state index is 11.6. The lowest BCUT2D eigenvalue weighted by Gasteiger charge is -2.00. The predicted octanol–water partition coefficient (Wildman–Crippen LogP) is 1.33. The first-order valence-corrected chi connectivity index (χ1v) is 5.58.